The molecule has 3 nitrogen and oxygen atoms in total. The maximum atomic E-state index is 11.8. The first-order valence-electron chi connectivity index (χ1n) is 6.99. The van der Waals surface area contributed by atoms with E-state index in [0.717, 1.165) is 38.6 Å². The monoisotopic (exact) mass is 273 g/mol. The van der Waals surface area contributed by atoms with Gasteiger partial charge in [0.25, 0.3) is 0 Å². The van der Waals surface area contributed by atoms with Crippen LogP contribution in [-0.2, 0) is 9.53 Å². The molecule has 0 radical (unpaired) electrons. The number of carbonyl (C=O) groups excluding carboxylic acids is 1. The number of hydrogen-bond donors (Lipinski definition) is 0. The van der Waals surface area contributed by atoms with Gasteiger partial charge in [-0.15, -0.1) is 0 Å². The first-order valence-corrected chi connectivity index (χ1v) is 7.98. The zero-order valence-electron chi connectivity index (χ0n) is 12.0. The SMILES string of the molecule is CCCC(C)(C)CSC(=O)CCN1CCOCC1. The van der Waals surface area contributed by atoms with Crippen LogP contribution in [0, 0.1) is 5.41 Å². The van der Waals surface area contributed by atoms with E-state index >= 15 is 0 Å². The van der Waals surface area contributed by atoms with Crippen molar-refractivity contribution in [2.24, 2.45) is 5.41 Å². The van der Waals surface area contributed by atoms with Crippen LogP contribution in [0.25, 0.3) is 0 Å². The summed E-state index contributed by atoms with van der Waals surface area (Å²) < 4.78 is 5.29. The van der Waals surface area contributed by atoms with E-state index in [0.29, 0.717) is 11.5 Å². The molecule has 0 aliphatic carbocycles. The molecule has 18 heavy (non-hydrogen) atoms. The predicted octanol–water partition coefficient (Wildman–Crippen LogP) is 2.79. The Kier molecular flexibility index (Phi) is 7.27. The van der Waals surface area contributed by atoms with Crippen molar-refractivity contribution in [3.05, 3.63) is 0 Å². The van der Waals surface area contributed by atoms with Crippen molar-refractivity contribution in [3.63, 3.8) is 0 Å². The first kappa shape index (κ1) is 16.0. The Morgan fingerprint density at radius 2 is 2.00 bits per heavy atom. The van der Waals surface area contributed by atoms with Gasteiger partial charge in [0.1, 0.15) is 0 Å². The second-order valence-corrected chi connectivity index (χ2v) is 6.81. The fourth-order valence-electron chi connectivity index (χ4n) is 2.17. The van der Waals surface area contributed by atoms with E-state index in [1.54, 1.807) is 0 Å². The van der Waals surface area contributed by atoms with Crippen LogP contribution in [0.4, 0.5) is 0 Å². The van der Waals surface area contributed by atoms with Gasteiger partial charge in [-0.05, 0) is 11.8 Å². The molecule has 0 unspecified atom stereocenters. The van der Waals surface area contributed by atoms with Crippen LogP contribution in [0.15, 0.2) is 0 Å². The summed E-state index contributed by atoms with van der Waals surface area (Å²) in [5, 5.41) is 0.339. The third-order valence-corrected chi connectivity index (χ3v) is 4.74. The molecule has 0 saturated carbocycles. The summed E-state index contributed by atoms with van der Waals surface area (Å²) in [6.07, 6.45) is 3.05. The normalized spacial score (nSPS) is 17.9. The summed E-state index contributed by atoms with van der Waals surface area (Å²) in [4.78, 5) is 14.2. The van der Waals surface area contributed by atoms with Gasteiger partial charge in [0, 0.05) is 31.8 Å². The molecule has 4 heteroatoms. The fourth-order valence-corrected chi connectivity index (χ4v) is 3.10. The topological polar surface area (TPSA) is 29.5 Å². The fraction of sp³-hybridized carbons (Fsp3) is 0.929. The maximum Gasteiger partial charge on any atom is 0.190 e. The molecule has 1 saturated heterocycles. The van der Waals surface area contributed by atoms with Crippen molar-refractivity contribution in [1.29, 1.82) is 0 Å². The zero-order valence-corrected chi connectivity index (χ0v) is 12.9. The van der Waals surface area contributed by atoms with Crippen molar-refractivity contribution < 1.29 is 9.53 Å². The van der Waals surface area contributed by atoms with Crippen LogP contribution in [-0.4, -0.2) is 48.6 Å². The van der Waals surface area contributed by atoms with E-state index in [-0.39, 0.29) is 5.41 Å². The van der Waals surface area contributed by atoms with Gasteiger partial charge in [-0.2, -0.15) is 0 Å². The van der Waals surface area contributed by atoms with Crippen molar-refractivity contribution in [2.45, 2.75) is 40.0 Å². The van der Waals surface area contributed by atoms with E-state index in [4.69, 9.17) is 4.74 Å². The van der Waals surface area contributed by atoms with Crippen molar-refractivity contribution in [1.82, 2.24) is 4.90 Å². The van der Waals surface area contributed by atoms with Crippen molar-refractivity contribution in [3.8, 4) is 0 Å². The van der Waals surface area contributed by atoms with Gasteiger partial charge in [0.2, 0.25) is 0 Å². The van der Waals surface area contributed by atoms with Gasteiger partial charge in [-0.25, -0.2) is 0 Å². The lowest BCUT2D eigenvalue weighted by atomic mass is 9.91. The van der Waals surface area contributed by atoms with Crippen LogP contribution < -0.4 is 0 Å². The Balaban J connectivity index is 2.13. The molecule has 1 rings (SSSR count). The van der Waals surface area contributed by atoms with Crippen LogP contribution >= 0.6 is 11.8 Å². The summed E-state index contributed by atoms with van der Waals surface area (Å²) >= 11 is 1.52. The Bertz CT molecular complexity index is 250. The van der Waals surface area contributed by atoms with E-state index in [9.17, 15) is 4.79 Å². The third-order valence-electron chi connectivity index (χ3n) is 3.29. The van der Waals surface area contributed by atoms with Crippen molar-refractivity contribution >= 4 is 16.9 Å². The molecule has 1 fully saturated rings. The maximum absolute atomic E-state index is 11.8. The van der Waals surface area contributed by atoms with Crippen LogP contribution in [0.3, 0.4) is 0 Å². The Labute approximate surface area is 116 Å². The minimum atomic E-state index is 0.286. The van der Waals surface area contributed by atoms with Crippen molar-refractivity contribution in [2.75, 3.05) is 38.6 Å². The average Bonchev–Trinajstić information content (AvgIpc) is 2.35. The molecule has 0 spiro atoms. The number of morpholine rings is 1. The van der Waals surface area contributed by atoms with Gasteiger partial charge < -0.3 is 4.74 Å². The third kappa shape index (κ3) is 6.76. The molecule has 0 amide bonds. The van der Waals surface area contributed by atoms with E-state index in [1.807, 2.05) is 0 Å². The lowest BCUT2D eigenvalue weighted by molar-refractivity contribution is -0.111. The highest BCUT2D eigenvalue weighted by Gasteiger charge is 2.19. The Morgan fingerprint density at radius 3 is 2.61 bits per heavy atom. The highest BCUT2D eigenvalue weighted by Crippen LogP contribution is 2.27. The molecular formula is C14H27NO2S. The van der Waals surface area contributed by atoms with Gasteiger partial charge >= 0.3 is 0 Å². The molecule has 1 aliphatic rings. The van der Waals surface area contributed by atoms with Gasteiger partial charge in [-0.3, -0.25) is 9.69 Å². The summed E-state index contributed by atoms with van der Waals surface area (Å²) in [6.45, 7) is 11.2. The minimum Gasteiger partial charge on any atom is -0.379 e. The number of carbonyl (C=O) groups is 1. The molecule has 0 bridgehead atoms. The van der Waals surface area contributed by atoms with Gasteiger partial charge in [0.05, 0.1) is 13.2 Å². The van der Waals surface area contributed by atoms with Crippen LogP contribution in [0.1, 0.15) is 40.0 Å². The molecule has 1 aliphatic heterocycles. The molecule has 0 aromatic rings. The van der Waals surface area contributed by atoms with Gasteiger partial charge in [-0.1, -0.05) is 39.0 Å². The van der Waals surface area contributed by atoms with Crippen LogP contribution in [0.2, 0.25) is 0 Å². The highest BCUT2D eigenvalue weighted by atomic mass is 32.2. The van der Waals surface area contributed by atoms with E-state index < -0.39 is 0 Å². The number of thioether (sulfide) groups is 1. The number of hydrogen-bond acceptors (Lipinski definition) is 4. The van der Waals surface area contributed by atoms with E-state index in [2.05, 4.69) is 25.7 Å². The number of rotatable bonds is 7. The molecule has 0 aromatic heterocycles. The zero-order chi connectivity index (χ0) is 13.4. The number of nitrogens with zero attached hydrogens (tertiary/aromatic N) is 1. The summed E-state index contributed by atoms with van der Waals surface area (Å²) in [6, 6.07) is 0. The largest absolute Gasteiger partial charge is 0.379 e. The molecule has 0 aromatic carbocycles. The smallest absolute Gasteiger partial charge is 0.190 e. The highest BCUT2D eigenvalue weighted by molar-refractivity contribution is 8.13. The quantitative estimate of drug-likeness (QED) is 0.713. The first-order chi connectivity index (χ1) is 8.53. The van der Waals surface area contributed by atoms with E-state index in [1.165, 1.54) is 24.6 Å². The predicted molar refractivity (Wildman–Crippen MR) is 78.0 cm³/mol. The Morgan fingerprint density at radius 1 is 1.33 bits per heavy atom. The van der Waals surface area contributed by atoms with Gasteiger partial charge in [0.15, 0.2) is 5.12 Å². The minimum absolute atomic E-state index is 0.286. The second kappa shape index (κ2) is 8.18. The molecule has 0 atom stereocenters. The summed E-state index contributed by atoms with van der Waals surface area (Å²) in [5.41, 5.74) is 0.286. The Hall–Kier alpha value is -0.0600. The average molecular weight is 273 g/mol. The lowest BCUT2D eigenvalue weighted by Gasteiger charge is -2.26. The molecule has 0 N–H and O–H groups in total. The summed E-state index contributed by atoms with van der Waals surface area (Å²) in [7, 11) is 0. The standard InChI is InChI=1S/C14H27NO2S/c1-4-6-14(2,3)12-18-13(16)5-7-15-8-10-17-11-9-15/h4-12H2,1-3H3. The van der Waals surface area contributed by atoms with Crippen LogP contribution in [0.5, 0.6) is 0 Å². The molecular weight excluding hydrogens is 246 g/mol. The molecule has 106 valence electrons. The molecule has 1 heterocycles. The lowest BCUT2D eigenvalue weighted by Crippen LogP contribution is -2.37. The number of ether oxygens (including phenoxy) is 1. The second-order valence-electron chi connectivity index (χ2n) is 5.78. The summed E-state index contributed by atoms with van der Waals surface area (Å²) in [5.74, 6) is 0.947.